The number of fused-ring (bicyclic) bond motifs is 1. The SMILES string of the molecule is COc1ccc(OC)c([C@@H](C)NC(=O)COC(=O)c2nc3nc(C)cc(C)n3n2)c1. The van der Waals surface area contributed by atoms with Crippen LogP contribution in [-0.4, -0.2) is 52.3 Å². The van der Waals surface area contributed by atoms with Gasteiger partial charge in [0, 0.05) is 17.0 Å². The summed E-state index contributed by atoms with van der Waals surface area (Å²) in [5.41, 5.74) is 2.27. The van der Waals surface area contributed by atoms with Gasteiger partial charge in [0.2, 0.25) is 0 Å². The molecule has 0 aliphatic rings. The molecule has 3 aromatic rings. The Morgan fingerprint density at radius 2 is 1.90 bits per heavy atom. The molecule has 2 heterocycles. The highest BCUT2D eigenvalue weighted by molar-refractivity contribution is 5.88. The van der Waals surface area contributed by atoms with Crippen LogP contribution in [0.1, 0.15) is 40.5 Å². The molecule has 0 fully saturated rings. The maximum absolute atomic E-state index is 12.3. The smallest absolute Gasteiger partial charge is 0.378 e. The summed E-state index contributed by atoms with van der Waals surface area (Å²) in [6, 6.07) is 6.71. The zero-order chi connectivity index (χ0) is 21.8. The fourth-order valence-corrected chi connectivity index (χ4v) is 2.99. The van der Waals surface area contributed by atoms with Crippen LogP contribution in [-0.2, 0) is 9.53 Å². The van der Waals surface area contributed by atoms with Crippen molar-refractivity contribution in [3.63, 3.8) is 0 Å². The van der Waals surface area contributed by atoms with Crippen molar-refractivity contribution in [2.24, 2.45) is 0 Å². The first-order chi connectivity index (χ1) is 14.3. The summed E-state index contributed by atoms with van der Waals surface area (Å²) in [6.07, 6.45) is 0. The second-order valence-electron chi connectivity index (χ2n) is 6.66. The highest BCUT2D eigenvalue weighted by Gasteiger charge is 2.20. The average Bonchev–Trinajstić information content (AvgIpc) is 3.16. The average molecular weight is 413 g/mol. The number of rotatable bonds is 7. The molecule has 0 aliphatic carbocycles. The van der Waals surface area contributed by atoms with Crippen molar-refractivity contribution in [1.29, 1.82) is 0 Å². The van der Waals surface area contributed by atoms with Crippen LogP contribution >= 0.6 is 0 Å². The fourth-order valence-electron chi connectivity index (χ4n) is 2.99. The van der Waals surface area contributed by atoms with Crippen LogP contribution < -0.4 is 14.8 Å². The minimum absolute atomic E-state index is 0.161. The summed E-state index contributed by atoms with van der Waals surface area (Å²) in [6.45, 7) is 4.96. The van der Waals surface area contributed by atoms with Crippen LogP contribution in [0, 0.1) is 13.8 Å². The number of nitrogens with one attached hydrogen (secondary N) is 1. The van der Waals surface area contributed by atoms with Crippen molar-refractivity contribution in [2.45, 2.75) is 26.8 Å². The molecule has 2 aromatic heterocycles. The van der Waals surface area contributed by atoms with E-state index in [9.17, 15) is 9.59 Å². The molecule has 1 N–H and O–H groups in total. The highest BCUT2D eigenvalue weighted by atomic mass is 16.5. The van der Waals surface area contributed by atoms with E-state index in [1.54, 1.807) is 39.3 Å². The van der Waals surface area contributed by atoms with Crippen LogP contribution in [0.3, 0.4) is 0 Å². The Kier molecular flexibility index (Phi) is 6.14. The first-order valence-corrected chi connectivity index (χ1v) is 9.21. The summed E-state index contributed by atoms with van der Waals surface area (Å²) in [5.74, 6) is 0.0890. The second-order valence-corrected chi connectivity index (χ2v) is 6.66. The summed E-state index contributed by atoms with van der Waals surface area (Å²) >= 11 is 0. The molecular weight excluding hydrogens is 390 g/mol. The van der Waals surface area contributed by atoms with Gasteiger partial charge in [0.1, 0.15) is 11.5 Å². The Hall–Kier alpha value is -3.69. The van der Waals surface area contributed by atoms with E-state index in [1.807, 2.05) is 19.9 Å². The van der Waals surface area contributed by atoms with E-state index in [4.69, 9.17) is 14.2 Å². The van der Waals surface area contributed by atoms with Crippen molar-refractivity contribution in [1.82, 2.24) is 24.9 Å². The Balaban J connectivity index is 1.63. The topological polar surface area (TPSA) is 117 Å². The Morgan fingerprint density at radius 1 is 1.13 bits per heavy atom. The number of nitrogens with zero attached hydrogens (tertiary/aromatic N) is 4. The molecule has 3 rings (SSSR count). The van der Waals surface area contributed by atoms with E-state index in [-0.39, 0.29) is 5.82 Å². The third-order valence-corrected chi connectivity index (χ3v) is 4.42. The molecule has 0 saturated carbocycles. The molecular formula is C20H23N5O5. The van der Waals surface area contributed by atoms with Gasteiger partial charge in [-0.15, -0.1) is 5.10 Å². The largest absolute Gasteiger partial charge is 0.497 e. The van der Waals surface area contributed by atoms with Crippen LogP contribution in [0.25, 0.3) is 5.78 Å². The van der Waals surface area contributed by atoms with Crippen LogP contribution in [0.5, 0.6) is 11.5 Å². The van der Waals surface area contributed by atoms with E-state index >= 15 is 0 Å². The predicted octanol–water partition coefficient (Wildman–Crippen LogP) is 1.79. The zero-order valence-electron chi connectivity index (χ0n) is 17.4. The van der Waals surface area contributed by atoms with Crippen LogP contribution in [0.15, 0.2) is 24.3 Å². The van der Waals surface area contributed by atoms with Gasteiger partial charge >= 0.3 is 5.97 Å². The summed E-state index contributed by atoms with van der Waals surface area (Å²) < 4.78 is 17.1. The Labute approximate surface area is 173 Å². The minimum atomic E-state index is -0.806. The van der Waals surface area contributed by atoms with E-state index < -0.39 is 24.5 Å². The Bertz CT molecular complexity index is 1090. The van der Waals surface area contributed by atoms with Gasteiger partial charge in [-0.3, -0.25) is 4.79 Å². The van der Waals surface area contributed by atoms with E-state index in [1.165, 1.54) is 4.52 Å². The normalized spacial score (nSPS) is 11.8. The molecule has 158 valence electrons. The molecule has 10 heteroatoms. The van der Waals surface area contributed by atoms with Crippen molar-refractivity contribution < 1.29 is 23.8 Å². The number of hydrogen-bond acceptors (Lipinski definition) is 8. The van der Waals surface area contributed by atoms with E-state index in [0.717, 1.165) is 17.0 Å². The highest BCUT2D eigenvalue weighted by Crippen LogP contribution is 2.29. The van der Waals surface area contributed by atoms with Crippen LogP contribution in [0.2, 0.25) is 0 Å². The lowest BCUT2D eigenvalue weighted by molar-refractivity contribution is -0.124. The lowest BCUT2D eigenvalue weighted by Crippen LogP contribution is -2.31. The molecule has 30 heavy (non-hydrogen) atoms. The summed E-state index contributed by atoms with van der Waals surface area (Å²) in [7, 11) is 3.10. The second kappa shape index (κ2) is 8.76. The van der Waals surface area contributed by atoms with Gasteiger partial charge in [0.15, 0.2) is 6.61 Å². The molecule has 0 radical (unpaired) electrons. The molecule has 1 aromatic carbocycles. The molecule has 0 spiro atoms. The number of benzene rings is 1. The van der Waals surface area contributed by atoms with Crippen molar-refractivity contribution >= 4 is 17.7 Å². The first kappa shape index (κ1) is 21.0. The Morgan fingerprint density at radius 3 is 2.60 bits per heavy atom. The fraction of sp³-hybridized carbons (Fsp3) is 0.350. The van der Waals surface area contributed by atoms with Crippen molar-refractivity contribution in [3.05, 3.63) is 47.0 Å². The molecule has 0 unspecified atom stereocenters. The maximum Gasteiger partial charge on any atom is 0.378 e. The number of aromatic nitrogens is 4. The van der Waals surface area contributed by atoms with Gasteiger partial charge in [-0.25, -0.2) is 14.3 Å². The predicted molar refractivity (Wildman–Crippen MR) is 107 cm³/mol. The van der Waals surface area contributed by atoms with E-state index in [2.05, 4.69) is 20.4 Å². The number of methoxy groups -OCH3 is 2. The molecule has 10 nitrogen and oxygen atoms in total. The van der Waals surface area contributed by atoms with E-state index in [0.29, 0.717) is 17.3 Å². The van der Waals surface area contributed by atoms with Gasteiger partial charge in [0.05, 0.1) is 20.3 Å². The number of carbonyl (C=O) groups excluding carboxylic acids is 2. The standard InChI is InChI=1S/C20H23N5O5/c1-11-8-12(2)25-20(21-11)23-18(24-25)19(27)30-10-17(26)22-13(3)15-9-14(28-4)6-7-16(15)29-5/h6-9,13H,10H2,1-5H3,(H,22,26)/t13-/m1/s1. The third kappa shape index (κ3) is 4.48. The molecule has 0 bridgehead atoms. The van der Waals surface area contributed by atoms with Gasteiger partial charge < -0.3 is 19.5 Å². The lowest BCUT2D eigenvalue weighted by Gasteiger charge is -2.18. The first-order valence-electron chi connectivity index (χ1n) is 9.21. The molecule has 1 atom stereocenters. The quantitative estimate of drug-likeness (QED) is 0.583. The maximum atomic E-state index is 12.3. The number of ether oxygens (including phenoxy) is 3. The van der Waals surface area contributed by atoms with Gasteiger partial charge in [-0.05, 0) is 45.0 Å². The van der Waals surface area contributed by atoms with Gasteiger partial charge in [0.25, 0.3) is 17.5 Å². The summed E-state index contributed by atoms with van der Waals surface area (Å²) in [5, 5.41) is 6.85. The van der Waals surface area contributed by atoms with Crippen molar-refractivity contribution in [2.75, 3.05) is 20.8 Å². The van der Waals surface area contributed by atoms with Crippen molar-refractivity contribution in [3.8, 4) is 11.5 Å². The number of carbonyl (C=O) groups is 2. The third-order valence-electron chi connectivity index (χ3n) is 4.42. The molecule has 0 saturated heterocycles. The number of esters is 1. The zero-order valence-corrected chi connectivity index (χ0v) is 17.4. The van der Waals surface area contributed by atoms with Gasteiger partial charge in [-0.1, -0.05) is 0 Å². The lowest BCUT2D eigenvalue weighted by atomic mass is 10.1. The minimum Gasteiger partial charge on any atom is -0.497 e. The molecule has 0 aliphatic heterocycles. The number of hydrogen-bond donors (Lipinski definition) is 1. The monoisotopic (exact) mass is 413 g/mol. The number of amides is 1. The molecule has 1 amide bonds. The van der Waals surface area contributed by atoms with Crippen LogP contribution in [0.4, 0.5) is 0 Å². The summed E-state index contributed by atoms with van der Waals surface area (Å²) in [4.78, 5) is 32.8. The van der Waals surface area contributed by atoms with Gasteiger partial charge in [-0.2, -0.15) is 4.98 Å². The number of aryl methyl sites for hydroxylation is 2.